The van der Waals surface area contributed by atoms with E-state index in [0.29, 0.717) is 27.0 Å². The fourth-order valence-electron chi connectivity index (χ4n) is 2.32. The first-order chi connectivity index (χ1) is 15.4. The van der Waals surface area contributed by atoms with Gasteiger partial charge in [0.25, 0.3) is 0 Å². The minimum absolute atomic E-state index is 0.0129. The van der Waals surface area contributed by atoms with E-state index in [1.165, 1.54) is 6.08 Å². The van der Waals surface area contributed by atoms with Gasteiger partial charge in [0.15, 0.2) is 5.84 Å². The fraction of sp³-hybridized carbons (Fsp3) is 0.0500. The molecule has 0 saturated carbocycles. The second kappa shape index (κ2) is 11.1. The molecule has 1 aliphatic rings. The normalized spacial score (nSPS) is 16.0. The van der Waals surface area contributed by atoms with Gasteiger partial charge in [-0.25, -0.2) is 0 Å². The van der Waals surface area contributed by atoms with Crippen molar-refractivity contribution >= 4 is 58.3 Å². The number of benzene rings is 2. The number of carbonyl (C=O) groups excluding carboxylic acids is 1. The molecule has 0 bridgehead atoms. The molecule has 0 atom stereocenters. The number of hydrogen-bond acceptors (Lipinski definition) is 8. The topological polar surface area (TPSA) is 110 Å². The highest BCUT2D eigenvalue weighted by molar-refractivity contribution is 7.94. The SMILES string of the molecule is [2H]C1=CC(=O)C(=NN=C(NNc2ccc(SOON)cc2Cl)c2ccc(C)cc2)C=C1Cl. The molecule has 1 aliphatic carbocycles. The zero-order valence-corrected chi connectivity index (χ0v) is 18.4. The summed E-state index contributed by atoms with van der Waals surface area (Å²) >= 11 is 13.1. The Morgan fingerprint density at radius 3 is 2.71 bits per heavy atom. The Hall–Kier alpha value is -2.66. The molecule has 0 fully saturated rings. The molecular weight excluding hydrogens is 461 g/mol. The molecule has 0 aliphatic heterocycles. The third-order valence-corrected chi connectivity index (χ3v) is 4.99. The maximum absolute atomic E-state index is 12.1. The van der Waals surface area contributed by atoms with Crippen molar-refractivity contribution in [2.75, 3.05) is 5.43 Å². The van der Waals surface area contributed by atoms with Gasteiger partial charge in [-0.15, -0.1) is 19.5 Å². The van der Waals surface area contributed by atoms with Gasteiger partial charge in [-0.1, -0.05) is 53.0 Å². The predicted molar refractivity (Wildman–Crippen MR) is 124 cm³/mol. The number of aryl methyl sites for hydroxylation is 1. The molecule has 4 N–H and O–H groups in total. The van der Waals surface area contributed by atoms with Crippen LogP contribution >= 0.6 is 35.2 Å². The van der Waals surface area contributed by atoms with Crippen LogP contribution in [0.4, 0.5) is 5.69 Å². The largest absolute Gasteiger partial charge is 0.298 e. The van der Waals surface area contributed by atoms with Gasteiger partial charge in [0, 0.05) is 15.5 Å². The van der Waals surface area contributed by atoms with Crippen LogP contribution in [0.1, 0.15) is 12.5 Å². The third kappa shape index (κ3) is 6.66. The zero-order chi connectivity index (χ0) is 23.1. The van der Waals surface area contributed by atoms with E-state index in [-0.39, 0.29) is 16.8 Å². The summed E-state index contributed by atoms with van der Waals surface area (Å²) in [5, 5.41) is 8.69. The summed E-state index contributed by atoms with van der Waals surface area (Å²) in [6.07, 6.45) is 2.39. The Morgan fingerprint density at radius 2 is 2.00 bits per heavy atom. The standard InChI is InChI=1S/C20H17Cl2N5O3S/c1-12-2-4-13(5-3-12)20(27-25-18-10-14(21)6-9-19(18)28)26-24-17-8-7-15(11-16(17)22)31-30-29-23/h2-11,24H,23H2,1H3,(H,26,27)/i6D. The maximum Gasteiger partial charge on any atom is 0.206 e. The lowest BCUT2D eigenvalue weighted by Crippen LogP contribution is -2.30. The lowest BCUT2D eigenvalue weighted by atomic mass is 10.1. The average molecular weight is 479 g/mol. The molecule has 0 heterocycles. The van der Waals surface area contributed by atoms with Gasteiger partial charge in [-0.05, 0) is 43.3 Å². The van der Waals surface area contributed by atoms with Crippen molar-refractivity contribution in [3.8, 4) is 0 Å². The van der Waals surface area contributed by atoms with Gasteiger partial charge in [-0.2, -0.15) is 5.90 Å². The lowest BCUT2D eigenvalue weighted by molar-refractivity contribution is -0.195. The first-order valence-electron chi connectivity index (χ1n) is 9.22. The summed E-state index contributed by atoms with van der Waals surface area (Å²) in [6.45, 7) is 1.96. The van der Waals surface area contributed by atoms with E-state index in [4.69, 9.17) is 30.5 Å². The van der Waals surface area contributed by atoms with E-state index in [0.717, 1.165) is 23.7 Å². The Labute approximate surface area is 194 Å². The fourth-order valence-corrected chi connectivity index (χ4v) is 3.18. The Morgan fingerprint density at radius 1 is 1.23 bits per heavy atom. The molecule has 0 saturated heterocycles. The van der Waals surface area contributed by atoms with E-state index in [2.05, 4.69) is 30.4 Å². The summed E-state index contributed by atoms with van der Waals surface area (Å²) < 4.78 is 12.2. The van der Waals surface area contributed by atoms with Gasteiger partial charge in [0.1, 0.15) is 5.71 Å². The Bertz CT molecular complexity index is 1140. The number of allylic oxidation sites excluding steroid dienone is 4. The van der Waals surface area contributed by atoms with Gasteiger partial charge in [0.2, 0.25) is 5.78 Å². The Kier molecular flexibility index (Phi) is 7.72. The van der Waals surface area contributed by atoms with E-state index >= 15 is 0 Å². The molecule has 0 unspecified atom stereocenters. The quantitative estimate of drug-likeness (QED) is 0.134. The van der Waals surface area contributed by atoms with Crippen LogP contribution in [0.25, 0.3) is 0 Å². The van der Waals surface area contributed by atoms with Crippen molar-refractivity contribution in [1.82, 2.24) is 5.43 Å². The molecule has 8 nitrogen and oxygen atoms in total. The van der Waals surface area contributed by atoms with Crippen LogP contribution in [0.15, 0.2) is 80.8 Å². The van der Waals surface area contributed by atoms with Crippen molar-refractivity contribution in [3.63, 3.8) is 0 Å². The zero-order valence-electron chi connectivity index (χ0n) is 17.1. The summed E-state index contributed by atoms with van der Waals surface area (Å²) in [5.41, 5.74) is 8.27. The van der Waals surface area contributed by atoms with Gasteiger partial charge < -0.3 is 0 Å². The summed E-state index contributed by atoms with van der Waals surface area (Å²) in [7, 11) is 0. The number of anilines is 1. The van der Waals surface area contributed by atoms with Crippen molar-refractivity contribution in [2.24, 2.45) is 16.1 Å². The number of amidine groups is 1. The van der Waals surface area contributed by atoms with Crippen LogP contribution in [0.5, 0.6) is 0 Å². The monoisotopic (exact) mass is 478 g/mol. The van der Waals surface area contributed by atoms with Crippen LogP contribution in [-0.4, -0.2) is 17.3 Å². The number of ketones is 1. The number of nitrogens with two attached hydrogens (primary N) is 1. The van der Waals surface area contributed by atoms with E-state index in [1.54, 1.807) is 18.2 Å². The molecular formula is C20H17Cl2N5O3S. The van der Waals surface area contributed by atoms with Crippen LogP contribution in [0.2, 0.25) is 5.02 Å². The number of nitrogens with zero attached hydrogens (tertiary/aromatic N) is 2. The van der Waals surface area contributed by atoms with E-state index in [1.807, 2.05) is 31.2 Å². The van der Waals surface area contributed by atoms with Crippen LogP contribution in [0.3, 0.4) is 0 Å². The number of hydrazine groups is 1. The number of rotatable bonds is 7. The predicted octanol–water partition coefficient (Wildman–Crippen LogP) is 4.46. The molecule has 0 amide bonds. The first-order valence-corrected chi connectivity index (χ1v) is 10.2. The molecule has 3 rings (SSSR count). The number of hydrogen-bond donors (Lipinski definition) is 3. The van der Waals surface area contributed by atoms with E-state index < -0.39 is 5.78 Å². The van der Waals surface area contributed by atoms with Crippen molar-refractivity contribution in [1.29, 1.82) is 0 Å². The average Bonchev–Trinajstić information content (AvgIpc) is 2.77. The molecule has 11 heteroatoms. The summed E-state index contributed by atoms with van der Waals surface area (Å²) in [6, 6.07) is 12.6. The van der Waals surface area contributed by atoms with Crippen molar-refractivity contribution in [3.05, 3.63) is 81.9 Å². The Balaban J connectivity index is 1.85. The third-order valence-electron chi connectivity index (χ3n) is 3.87. The van der Waals surface area contributed by atoms with Crippen LogP contribution in [0, 0.1) is 6.92 Å². The first kappa shape index (κ1) is 21.6. The van der Waals surface area contributed by atoms with Gasteiger partial charge >= 0.3 is 0 Å². The second-order valence-electron chi connectivity index (χ2n) is 6.08. The van der Waals surface area contributed by atoms with Crippen LogP contribution < -0.4 is 16.7 Å². The molecule has 2 aromatic rings. The van der Waals surface area contributed by atoms with Gasteiger partial charge in [0.05, 0.1) is 24.1 Å². The number of carbonyl (C=O) groups is 1. The van der Waals surface area contributed by atoms with Gasteiger partial charge in [-0.3, -0.25) is 15.6 Å². The highest BCUT2D eigenvalue weighted by atomic mass is 35.5. The molecule has 0 radical (unpaired) electrons. The smallest absolute Gasteiger partial charge is 0.206 e. The summed E-state index contributed by atoms with van der Waals surface area (Å²) in [5.74, 6) is 4.69. The molecule has 2 aromatic carbocycles. The molecule has 0 aromatic heterocycles. The minimum atomic E-state index is -0.459. The maximum atomic E-state index is 12.1. The summed E-state index contributed by atoms with van der Waals surface area (Å²) in [4.78, 5) is 16.8. The number of nitrogens with one attached hydrogen (secondary N) is 2. The minimum Gasteiger partial charge on any atom is -0.298 e. The van der Waals surface area contributed by atoms with Crippen molar-refractivity contribution in [2.45, 2.75) is 11.8 Å². The molecule has 0 spiro atoms. The highest BCUT2D eigenvalue weighted by Crippen LogP contribution is 2.28. The number of halogens is 2. The second-order valence-corrected chi connectivity index (χ2v) is 7.67. The lowest BCUT2D eigenvalue weighted by Gasteiger charge is -2.13. The molecule has 31 heavy (non-hydrogen) atoms. The van der Waals surface area contributed by atoms with E-state index in [9.17, 15) is 4.79 Å². The van der Waals surface area contributed by atoms with Crippen molar-refractivity contribution < 1.29 is 15.5 Å². The van der Waals surface area contributed by atoms with Crippen LogP contribution in [-0.2, 0) is 14.1 Å². The highest BCUT2D eigenvalue weighted by Gasteiger charge is 2.12. The molecule has 160 valence electrons.